The molecular weight excluding hydrogens is 182 g/mol. The second-order valence-electron chi connectivity index (χ2n) is 4.27. The Morgan fingerprint density at radius 2 is 2.29 bits per heavy atom. The van der Waals surface area contributed by atoms with Crippen molar-refractivity contribution in [2.24, 2.45) is 5.92 Å². The number of aliphatic carboxylic acids is 1. The van der Waals surface area contributed by atoms with Crippen molar-refractivity contribution in [3.8, 4) is 0 Å². The molecule has 1 aliphatic rings. The summed E-state index contributed by atoms with van der Waals surface area (Å²) in [6.07, 6.45) is 1.92. The summed E-state index contributed by atoms with van der Waals surface area (Å²) in [4.78, 5) is 13.0. The molecule has 0 aliphatic carbocycles. The van der Waals surface area contributed by atoms with Crippen molar-refractivity contribution < 1.29 is 15.0 Å². The van der Waals surface area contributed by atoms with E-state index in [1.54, 1.807) is 0 Å². The van der Waals surface area contributed by atoms with Crippen LogP contribution in [0.2, 0.25) is 0 Å². The Labute approximate surface area is 84.5 Å². The molecule has 0 amide bonds. The zero-order valence-corrected chi connectivity index (χ0v) is 8.86. The highest BCUT2D eigenvalue weighted by molar-refractivity contribution is 5.71. The van der Waals surface area contributed by atoms with E-state index < -0.39 is 17.5 Å². The van der Waals surface area contributed by atoms with Gasteiger partial charge in [0.25, 0.3) is 0 Å². The zero-order chi connectivity index (χ0) is 10.8. The third-order valence-corrected chi connectivity index (χ3v) is 2.99. The largest absolute Gasteiger partial charge is 0.481 e. The maximum atomic E-state index is 11.0. The predicted octanol–water partition coefficient (Wildman–Crippen LogP) is 0.554. The van der Waals surface area contributed by atoms with Crippen molar-refractivity contribution >= 4 is 5.97 Å². The third-order valence-electron chi connectivity index (χ3n) is 2.99. The molecule has 4 heteroatoms. The Bertz CT molecular complexity index is 219. The molecule has 0 spiro atoms. The fraction of sp³-hybridized carbons (Fsp3) is 0.900. The number of likely N-dealkylation sites (tertiary alicyclic amines) is 1. The van der Waals surface area contributed by atoms with Gasteiger partial charge < -0.3 is 15.1 Å². The van der Waals surface area contributed by atoms with Crippen LogP contribution in [0.4, 0.5) is 0 Å². The Morgan fingerprint density at radius 1 is 1.64 bits per heavy atom. The lowest BCUT2D eigenvalue weighted by Crippen LogP contribution is -2.44. The monoisotopic (exact) mass is 201 g/mol. The second kappa shape index (κ2) is 4.28. The van der Waals surface area contributed by atoms with Crippen molar-refractivity contribution in [2.45, 2.75) is 31.8 Å². The van der Waals surface area contributed by atoms with Crippen LogP contribution in [-0.4, -0.2) is 46.8 Å². The van der Waals surface area contributed by atoms with E-state index in [0.29, 0.717) is 19.4 Å². The number of β-amino-alcohol motifs (C(OH)–C–C–N with tert-alkyl or cyclic N) is 1. The van der Waals surface area contributed by atoms with E-state index in [9.17, 15) is 9.90 Å². The van der Waals surface area contributed by atoms with Crippen molar-refractivity contribution in [1.29, 1.82) is 0 Å². The number of hydrogen-bond donors (Lipinski definition) is 2. The molecule has 1 rings (SSSR count). The van der Waals surface area contributed by atoms with Gasteiger partial charge in [-0.15, -0.1) is 0 Å². The van der Waals surface area contributed by atoms with E-state index in [-0.39, 0.29) is 0 Å². The zero-order valence-electron chi connectivity index (χ0n) is 8.86. The minimum atomic E-state index is -1.02. The standard InChI is InChI=1S/C10H19NO3/c1-3-4-8(9(12)13)10(14)5-6-11(2)7-10/h8,14H,3-7H2,1-2H3,(H,12,13). The van der Waals surface area contributed by atoms with Gasteiger partial charge in [0.2, 0.25) is 0 Å². The molecule has 4 nitrogen and oxygen atoms in total. The van der Waals surface area contributed by atoms with Crippen molar-refractivity contribution in [1.82, 2.24) is 4.90 Å². The molecule has 1 heterocycles. The molecule has 1 aliphatic heterocycles. The van der Waals surface area contributed by atoms with Gasteiger partial charge in [0.15, 0.2) is 0 Å². The Kier molecular flexibility index (Phi) is 3.50. The van der Waals surface area contributed by atoms with E-state index in [1.807, 2.05) is 18.9 Å². The van der Waals surface area contributed by atoms with Gasteiger partial charge in [0.05, 0.1) is 11.5 Å². The fourth-order valence-corrected chi connectivity index (χ4v) is 2.21. The van der Waals surface area contributed by atoms with Gasteiger partial charge >= 0.3 is 5.97 Å². The fourth-order valence-electron chi connectivity index (χ4n) is 2.21. The summed E-state index contributed by atoms with van der Waals surface area (Å²) in [6.45, 7) is 3.20. The van der Waals surface area contributed by atoms with E-state index in [4.69, 9.17) is 5.11 Å². The van der Waals surface area contributed by atoms with E-state index >= 15 is 0 Å². The molecule has 2 unspecified atom stereocenters. The van der Waals surface area contributed by atoms with Crippen LogP contribution in [0.5, 0.6) is 0 Å². The maximum Gasteiger partial charge on any atom is 0.309 e. The molecule has 2 atom stereocenters. The molecule has 14 heavy (non-hydrogen) atoms. The molecule has 1 fully saturated rings. The lowest BCUT2D eigenvalue weighted by molar-refractivity contribution is -0.151. The number of nitrogens with zero attached hydrogens (tertiary/aromatic N) is 1. The lowest BCUT2D eigenvalue weighted by atomic mass is 9.83. The number of hydrogen-bond acceptors (Lipinski definition) is 3. The highest BCUT2D eigenvalue weighted by Gasteiger charge is 2.44. The third kappa shape index (κ3) is 2.25. The smallest absolute Gasteiger partial charge is 0.309 e. The lowest BCUT2D eigenvalue weighted by Gasteiger charge is -2.29. The quantitative estimate of drug-likeness (QED) is 0.697. The highest BCUT2D eigenvalue weighted by atomic mass is 16.4. The van der Waals surface area contributed by atoms with Crippen LogP contribution in [0, 0.1) is 5.92 Å². The van der Waals surface area contributed by atoms with Crippen LogP contribution in [0.1, 0.15) is 26.2 Å². The van der Waals surface area contributed by atoms with Crippen molar-refractivity contribution in [2.75, 3.05) is 20.1 Å². The molecule has 0 aromatic rings. The van der Waals surface area contributed by atoms with Crippen molar-refractivity contribution in [3.05, 3.63) is 0 Å². The first kappa shape index (κ1) is 11.5. The number of carboxylic acids is 1. The molecule has 0 bridgehead atoms. The number of aliphatic hydroxyl groups is 1. The number of carbonyl (C=O) groups is 1. The van der Waals surface area contributed by atoms with Crippen LogP contribution in [0.25, 0.3) is 0 Å². The summed E-state index contributed by atoms with van der Waals surface area (Å²) in [5, 5.41) is 19.2. The summed E-state index contributed by atoms with van der Waals surface area (Å²) >= 11 is 0. The topological polar surface area (TPSA) is 60.8 Å². The summed E-state index contributed by atoms with van der Waals surface area (Å²) in [5.41, 5.74) is -1.02. The van der Waals surface area contributed by atoms with Gasteiger partial charge in [-0.1, -0.05) is 13.3 Å². The van der Waals surface area contributed by atoms with Crippen molar-refractivity contribution in [3.63, 3.8) is 0 Å². The van der Waals surface area contributed by atoms with Crippen LogP contribution >= 0.6 is 0 Å². The first-order chi connectivity index (χ1) is 6.49. The maximum absolute atomic E-state index is 11.0. The first-order valence-corrected chi connectivity index (χ1v) is 5.13. The van der Waals surface area contributed by atoms with Gasteiger partial charge in [0.1, 0.15) is 0 Å². The van der Waals surface area contributed by atoms with Gasteiger partial charge in [0, 0.05) is 13.1 Å². The normalized spacial score (nSPS) is 30.5. The van der Waals surface area contributed by atoms with Crippen LogP contribution < -0.4 is 0 Å². The Balaban J connectivity index is 2.71. The molecule has 0 radical (unpaired) electrons. The number of likely N-dealkylation sites (N-methyl/N-ethyl adjacent to an activating group) is 1. The number of rotatable bonds is 4. The molecule has 1 saturated heterocycles. The van der Waals surface area contributed by atoms with Crippen LogP contribution in [0.15, 0.2) is 0 Å². The first-order valence-electron chi connectivity index (χ1n) is 5.13. The average Bonchev–Trinajstić information content (AvgIpc) is 2.42. The van der Waals surface area contributed by atoms with E-state index in [1.165, 1.54) is 0 Å². The SMILES string of the molecule is CCCC(C(=O)O)C1(O)CCN(C)C1. The molecule has 0 aromatic heterocycles. The number of carboxylic acid groups (broad SMARTS) is 1. The molecule has 0 saturated carbocycles. The highest BCUT2D eigenvalue weighted by Crippen LogP contribution is 2.31. The minimum Gasteiger partial charge on any atom is -0.481 e. The molecule has 82 valence electrons. The average molecular weight is 201 g/mol. The molecule has 0 aromatic carbocycles. The van der Waals surface area contributed by atoms with Gasteiger partial charge in [-0.05, 0) is 19.9 Å². The van der Waals surface area contributed by atoms with Crippen LogP contribution in [0.3, 0.4) is 0 Å². The Morgan fingerprint density at radius 3 is 2.64 bits per heavy atom. The summed E-state index contributed by atoms with van der Waals surface area (Å²) in [6, 6.07) is 0. The van der Waals surface area contributed by atoms with E-state index in [0.717, 1.165) is 13.0 Å². The predicted molar refractivity (Wildman–Crippen MR) is 53.1 cm³/mol. The molecule has 2 N–H and O–H groups in total. The summed E-state index contributed by atoms with van der Waals surface area (Å²) in [7, 11) is 1.91. The van der Waals surface area contributed by atoms with Gasteiger partial charge in [-0.3, -0.25) is 4.79 Å². The second-order valence-corrected chi connectivity index (χ2v) is 4.27. The minimum absolute atomic E-state index is 0.476. The van der Waals surface area contributed by atoms with Gasteiger partial charge in [-0.25, -0.2) is 0 Å². The summed E-state index contributed by atoms with van der Waals surface area (Å²) < 4.78 is 0. The van der Waals surface area contributed by atoms with E-state index in [2.05, 4.69) is 0 Å². The summed E-state index contributed by atoms with van der Waals surface area (Å²) in [5.74, 6) is -1.48. The Hall–Kier alpha value is -0.610. The van der Waals surface area contributed by atoms with Gasteiger partial charge in [-0.2, -0.15) is 0 Å². The van der Waals surface area contributed by atoms with Crippen LogP contribution in [-0.2, 0) is 4.79 Å². The molecular formula is C10H19NO3.